The minimum atomic E-state index is 0.216. The van der Waals surface area contributed by atoms with Crippen LogP contribution in [0.3, 0.4) is 0 Å². The maximum Gasteiger partial charge on any atom is 0.222 e. The highest BCUT2D eigenvalue weighted by molar-refractivity contribution is 6.28. The number of hydrogen-bond acceptors (Lipinski definition) is 4. The van der Waals surface area contributed by atoms with Crippen LogP contribution in [0.4, 0.5) is 0 Å². The molecule has 3 aromatic rings. The molecule has 0 amide bonds. The molecule has 0 saturated carbocycles. The summed E-state index contributed by atoms with van der Waals surface area (Å²) in [6.45, 7) is 6.25. The van der Waals surface area contributed by atoms with E-state index < -0.39 is 0 Å². The molecule has 3 aromatic heterocycles. The van der Waals surface area contributed by atoms with Crippen molar-refractivity contribution in [2.75, 3.05) is 0 Å². The van der Waals surface area contributed by atoms with Gasteiger partial charge in [0, 0.05) is 12.2 Å². The van der Waals surface area contributed by atoms with E-state index in [0.29, 0.717) is 11.7 Å². The summed E-state index contributed by atoms with van der Waals surface area (Å²) >= 11 is 5.81. The van der Waals surface area contributed by atoms with E-state index in [1.807, 2.05) is 19.1 Å². The summed E-state index contributed by atoms with van der Waals surface area (Å²) in [5.74, 6) is 0.959. The Hall–Kier alpha value is -2.01. The average Bonchev–Trinajstić information content (AvgIpc) is 2.73. The molecule has 0 aromatic carbocycles. The summed E-state index contributed by atoms with van der Waals surface area (Å²) < 4.78 is 2.17. The Kier molecular flexibility index (Phi) is 3.14. The fourth-order valence-electron chi connectivity index (χ4n) is 2.36. The van der Waals surface area contributed by atoms with Crippen LogP contribution in [-0.2, 0) is 0 Å². The molecule has 0 aliphatic rings. The third kappa shape index (κ3) is 2.14. The third-order valence-electron chi connectivity index (χ3n) is 3.14. The van der Waals surface area contributed by atoms with Crippen LogP contribution in [0, 0.1) is 6.92 Å². The molecule has 6 heteroatoms. The third-order valence-corrected chi connectivity index (χ3v) is 3.32. The second-order valence-corrected chi connectivity index (χ2v) is 5.21. The average molecular weight is 288 g/mol. The number of fused-ring (bicyclic) bond motifs is 1. The van der Waals surface area contributed by atoms with Crippen molar-refractivity contribution in [1.82, 2.24) is 24.5 Å². The van der Waals surface area contributed by atoms with Crippen LogP contribution in [-0.4, -0.2) is 24.5 Å². The molecule has 0 aliphatic heterocycles. The number of aromatic nitrogens is 5. The topological polar surface area (TPSA) is 56.5 Å². The Bertz CT molecular complexity index is 778. The first-order valence-electron chi connectivity index (χ1n) is 6.41. The molecule has 5 nitrogen and oxygen atoms in total. The standard InChI is InChI=1S/C14H14ClN5/c1-8(2)20-9(3)17-13-12(20)5-4-10(18-13)11-6-7-16-14(15)19-11/h4-8H,1-3H3. The second-order valence-electron chi connectivity index (χ2n) is 4.87. The molecule has 3 rings (SSSR count). The predicted octanol–water partition coefficient (Wildman–Crippen LogP) is 3.43. The van der Waals surface area contributed by atoms with E-state index in [0.717, 1.165) is 22.7 Å². The van der Waals surface area contributed by atoms with E-state index in [1.54, 1.807) is 12.3 Å². The van der Waals surface area contributed by atoms with Crippen molar-refractivity contribution in [2.24, 2.45) is 0 Å². The molecule has 20 heavy (non-hydrogen) atoms. The van der Waals surface area contributed by atoms with Crippen molar-refractivity contribution in [2.45, 2.75) is 26.8 Å². The summed E-state index contributed by atoms with van der Waals surface area (Å²) in [6, 6.07) is 6.09. The highest BCUT2D eigenvalue weighted by atomic mass is 35.5. The van der Waals surface area contributed by atoms with Crippen molar-refractivity contribution >= 4 is 22.8 Å². The summed E-state index contributed by atoms with van der Waals surface area (Å²) in [6.07, 6.45) is 1.62. The predicted molar refractivity (Wildman–Crippen MR) is 78.7 cm³/mol. The zero-order valence-electron chi connectivity index (χ0n) is 11.5. The van der Waals surface area contributed by atoms with E-state index in [-0.39, 0.29) is 5.28 Å². The van der Waals surface area contributed by atoms with Crippen molar-refractivity contribution in [3.8, 4) is 11.4 Å². The van der Waals surface area contributed by atoms with Gasteiger partial charge in [0.05, 0.1) is 16.9 Å². The van der Waals surface area contributed by atoms with E-state index in [4.69, 9.17) is 11.6 Å². The minimum Gasteiger partial charge on any atom is -0.324 e. The maximum absolute atomic E-state index is 5.81. The van der Waals surface area contributed by atoms with Crippen molar-refractivity contribution in [1.29, 1.82) is 0 Å². The Morgan fingerprint density at radius 2 is 1.80 bits per heavy atom. The number of pyridine rings is 1. The number of nitrogens with zero attached hydrogens (tertiary/aromatic N) is 5. The van der Waals surface area contributed by atoms with Gasteiger partial charge in [-0.2, -0.15) is 0 Å². The molecule has 0 radical (unpaired) electrons. The molecular formula is C14H14ClN5. The summed E-state index contributed by atoms with van der Waals surface area (Å²) in [4.78, 5) is 17.1. The molecular weight excluding hydrogens is 274 g/mol. The lowest BCUT2D eigenvalue weighted by Gasteiger charge is -2.10. The number of hydrogen-bond donors (Lipinski definition) is 0. The molecule has 0 N–H and O–H groups in total. The smallest absolute Gasteiger partial charge is 0.222 e. The van der Waals surface area contributed by atoms with Gasteiger partial charge in [-0.25, -0.2) is 19.9 Å². The molecule has 3 heterocycles. The van der Waals surface area contributed by atoms with Crippen LogP contribution in [0.5, 0.6) is 0 Å². The zero-order valence-corrected chi connectivity index (χ0v) is 12.3. The van der Waals surface area contributed by atoms with Crippen molar-refractivity contribution in [3.63, 3.8) is 0 Å². The van der Waals surface area contributed by atoms with Gasteiger partial charge < -0.3 is 4.57 Å². The first kappa shape index (κ1) is 13.0. The van der Waals surface area contributed by atoms with Crippen LogP contribution in [0.15, 0.2) is 24.4 Å². The monoisotopic (exact) mass is 287 g/mol. The van der Waals surface area contributed by atoms with E-state index >= 15 is 0 Å². The highest BCUT2D eigenvalue weighted by Crippen LogP contribution is 2.23. The normalized spacial score (nSPS) is 11.4. The van der Waals surface area contributed by atoms with Crippen LogP contribution in [0.25, 0.3) is 22.6 Å². The Morgan fingerprint density at radius 1 is 1.05 bits per heavy atom. The van der Waals surface area contributed by atoms with Gasteiger partial charge in [0.15, 0.2) is 5.65 Å². The van der Waals surface area contributed by atoms with Crippen LogP contribution in [0.2, 0.25) is 5.28 Å². The van der Waals surface area contributed by atoms with Gasteiger partial charge in [-0.15, -0.1) is 0 Å². The molecule has 102 valence electrons. The van der Waals surface area contributed by atoms with Crippen LogP contribution in [0.1, 0.15) is 25.7 Å². The Morgan fingerprint density at radius 3 is 2.50 bits per heavy atom. The second kappa shape index (κ2) is 4.83. The first-order valence-corrected chi connectivity index (χ1v) is 6.78. The van der Waals surface area contributed by atoms with Gasteiger partial charge in [0.2, 0.25) is 5.28 Å². The SMILES string of the molecule is Cc1nc2nc(-c3ccnc(Cl)n3)ccc2n1C(C)C. The lowest BCUT2D eigenvalue weighted by Crippen LogP contribution is -2.02. The number of halogens is 1. The zero-order chi connectivity index (χ0) is 14.3. The number of imidazole rings is 1. The van der Waals surface area contributed by atoms with E-state index in [1.165, 1.54) is 0 Å². The fourth-order valence-corrected chi connectivity index (χ4v) is 2.51. The van der Waals surface area contributed by atoms with Gasteiger partial charge in [-0.05, 0) is 50.6 Å². The summed E-state index contributed by atoms with van der Waals surface area (Å²) in [7, 11) is 0. The Balaban J connectivity index is 2.17. The Labute approximate surface area is 121 Å². The molecule has 0 atom stereocenters. The molecule has 0 unspecified atom stereocenters. The number of aryl methyl sites for hydroxylation is 1. The first-order chi connectivity index (χ1) is 9.56. The minimum absolute atomic E-state index is 0.216. The highest BCUT2D eigenvalue weighted by Gasteiger charge is 2.12. The van der Waals surface area contributed by atoms with Crippen molar-refractivity contribution in [3.05, 3.63) is 35.5 Å². The fraction of sp³-hybridized carbons (Fsp3) is 0.286. The quantitative estimate of drug-likeness (QED) is 0.678. The molecule has 0 fully saturated rings. The largest absolute Gasteiger partial charge is 0.324 e. The number of rotatable bonds is 2. The lowest BCUT2D eigenvalue weighted by atomic mass is 10.2. The maximum atomic E-state index is 5.81. The van der Waals surface area contributed by atoms with Gasteiger partial charge in [0.1, 0.15) is 5.82 Å². The lowest BCUT2D eigenvalue weighted by molar-refractivity contribution is 0.600. The van der Waals surface area contributed by atoms with E-state index in [2.05, 4.69) is 38.4 Å². The molecule has 0 saturated heterocycles. The van der Waals surface area contributed by atoms with Crippen LogP contribution < -0.4 is 0 Å². The summed E-state index contributed by atoms with van der Waals surface area (Å²) in [5, 5.41) is 0.216. The van der Waals surface area contributed by atoms with E-state index in [9.17, 15) is 0 Å². The molecule has 0 aliphatic carbocycles. The van der Waals surface area contributed by atoms with Gasteiger partial charge in [-0.1, -0.05) is 0 Å². The summed E-state index contributed by atoms with van der Waals surface area (Å²) in [5.41, 5.74) is 3.20. The molecule has 0 spiro atoms. The van der Waals surface area contributed by atoms with Gasteiger partial charge >= 0.3 is 0 Å². The van der Waals surface area contributed by atoms with Gasteiger partial charge in [0.25, 0.3) is 0 Å². The molecule has 0 bridgehead atoms. The van der Waals surface area contributed by atoms with Gasteiger partial charge in [-0.3, -0.25) is 0 Å². The van der Waals surface area contributed by atoms with Crippen molar-refractivity contribution < 1.29 is 0 Å². The van der Waals surface area contributed by atoms with Crippen LogP contribution >= 0.6 is 11.6 Å².